The molecule has 1 saturated carbocycles. The Balaban J connectivity index is 1.58. The number of hydrogen-bond acceptors (Lipinski definition) is 4. The van der Waals surface area contributed by atoms with Crippen molar-refractivity contribution in [3.8, 4) is 0 Å². The first kappa shape index (κ1) is 18.9. The smallest absolute Gasteiger partial charge is 0.255 e. The van der Waals surface area contributed by atoms with E-state index in [1.54, 1.807) is 48.5 Å². The lowest BCUT2D eigenvalue weighted by Gasteiger charge is -2.09. The maximum atomic E-state index is 12.3. The van der Waals surface area contributed by atoms with Crippen LogP contribution in [0.1, 0.15) is 23.7 Å². The summed E-state index contributed by atoms with van der Waals surface area (Å²) < 4.78 is 24.7. The maximum Gasteiger partial charge on any atom is 0.255 e. The van der Waals surface area contributed by atoms with Crippen LogP contribution in [-0.4, -0.2) is 26.5 Å². The molecule has 2 unspecified atom stereocenters. The van der Waals surface area contributed by atoms with Gasteiger partial charge in [-0.1, -0.05) is 6.92 Å². The third kappa shape index (κ3) is 5.30. The number of carbonyl (C=O) groups excluding carboxylic acids is 2. The van der Waals surface area contributed by atoms with Crippen LogP contribution in [0.2, 0.25) is 0 Å². The number of nitrogens with one attached hydrogen (secondary N) is 3. The van der Waals surface area contributed by atoms with Crippen LogP contribution in [0, 0.1) is 11.8 Å². The molecule has 27 heavy (non-hydrogen) atoms. The average Bonchev–Trinajstić information content (AvgIpc) is 3.33. The third-order valence-corrected chi connectivity index (χ3v) is 4.91. The zero-order valence-corrected chi connectivity index (χ0v) is 15.8. The summed E-state index contributed by atoms with van der Waals surface area (Å²) in [6, 6.07) is 13.0. The first-order chi connectivity index (χ1) is 12.7. The maximum absolute atomic E-state index is 12.3. The standard InChI is InChI=1S/C19H21N3O4S/c1-12-11-17(12)19(24)21-14-5-3-13(4-6-14)18(23)20-15-7-9-16(10-8-15)22-27(2,25)26/h3-10,12,17,22H,11H2,1-2H3,(H,20,23)(H,21,24). The summed E-state index contributed by atoms with van der Waals surface area (Å²) in [6.45, 7) is 2.04. The number of carbonyl (C=O) groups is 2. The lowest BCUT2D eigenvalue weighted by atomic mass is 10.2. The molecule has 0 bridgehead atoms. The third-order valence-electron chi connectivity index (χ3n) is 4.31. The summed E-state index contributed by atoms with van der Waals surface area (Å²) >= 11 is 0. The zero-order valence-electron chi connectivity index (χ0n) is 15.0. The van der Waals surface area contributed by atoms with E-state index >= 15 is 0 Å². The van der Waals surface area contributed by atoms with Crippen LogP contribution in [0.4, 0.5) is 17.1 Å². The average molecular weight is 387 g/mol. The number of hydrogen-bond donors (Lipinski definition) is 3. The molecule has 1 aliphatic carbocycles. The van der Waals surface area contributed by atoms with E-state index in [1.165, 1.54) is 0 Å². The van der Waals surface area contributed by atoms with Crippen molar-refractivity contribution in [1.29, 1.82) is 0 Å². The summed E-state index contributed by atoms with van der Waals surface area (Å²) in [5.74, 6) is 0.247. The Bertz CT molecular complexity index is 953. The highest BCUT2D eigenvalue weighted by atomic mass is 32.2. The summed E-state index contributed by atoms with van der Waals surface area (Å²) in [7, 11) is -3.34. The molecule has 2 aromatic carbocycles. The molecule has 1 aliphatic rings. The van der Waals surface area contributed by atoms with E-state index in [0.29, 0.717) is 28.5 Å². The van der Waals surface area contributed by atoms with Crippen molar-refractivity contribution in [2.75, 3.05) is 21.6 Å². The predicted octanol–water partition coefficient (Wildman–Crippen LogP) is 2.90. The van der Waals surface area contributed by atoms with Crippen LogP contribution in [-0.2, 0) is 14.8 Å². The van der Waals surface area contributed by atoms with Crippen molar-refractivity contribution >= 4 is 38.9 Å². The summed E-state index contributed by atoms with van der Waals surface area (Å²) in [5, 5.41) is 5.59. The summed E-state index contributed by atoms with van der Waals surface area (Å²) in [4.78, 5) is 24.2. The molecule has 3 N–H and O–H groups in total. The molecule has 2 amide bonds. The normalized spacial score (nSPS) is 18.4. The van der Waals surface area contributed by atoms with Gasteiger partial charge in [-0.05, 0) is 60.9 Å². The van der Waals surface area contributed by atoms with Crippen LogP contribution in [0.25, 0.3) is 0 Å². The molecule has 0 saturated heterocycles. The van der Waals surface area contributed by atoms with Crippen molar-refractivity contribution in [3.05, 3.63) is 54.1 Å². The fourth-order valence-electron chi connectivity index (χ4n) is 2.67. The van der Waals surface area contributed by atoms with Gasteiger partial charge in [-0.25, -0.2) is 8.42 Å². The Kier molecular flexibility index (Phi) is 5.18. The highest BCUT2D eigenvalue weighted by Crippen LogP contribution is 2.38. The molecular formula is C19H21N3O4S. The Labute approximate surface area is 158 Å². The Hall–Kier alpha value is -2.87. The van der Waals surface area contributed by atoms with Gasteiger partial charge >= 0.3 is 0 Å². The van der Waals surface area contributed by atoms with E-state index in [-0.39, 0.29) is 17.7 Å². The molecule has 0 aliphatic heterocycles. The Morgan fingerprint density at radius 1 is 0.889 bits per heavy atom. The Morgan fingerprint density at radius 2 is 1.37 bits per heavy atom. The van der Waals surface area contributed by atoms with E-state index in [4.69, 9.17) is 0 Å². The lowest BCUT2D eigenvalue weighted by molar-refractivity contribution is -0.117. The van der Waals surface area contributed by atoms with Gasteiger partial charge in [0.25, 0.3) is 5.91 Å². The van der Waals surface area contributed by atoms with Gasteiger partial charge in [-0.15, -0.1) is 0 Å². The molecule has 0 aromatic heterocycles. The highest BCUT2D eigenvalue weighted by Gasteiger charge is 2.39. The number of anilines is 3. The minimum absolute atomic E-state index is 0.0162. The van der Waals surface area contributed by atoms with Gasteiger partial charge in [0.15, 0.2) is 0 Å². The minimum atomic E-state index is -3.34. The lowest BCUT2D eigenvalue weighted by Crippen LogP contribution is -2.15. The van der Waals surface area contributed by atoms with Crippen molar-refractivity contribution in [3.63, 3.8) is 0 Å². The van der Waals surface area contributed by atoms with Gasteiger partial charge in [0.05, 0.1) is 6.26 Å². The number of rotatable bonds is 6. The topological polar surface area (TPSA) is 104 Å². The molecule has 0 radical (unpaired) electrons. The molecule has 8 heteroatoms. The van der Waals surface area contributed by atoms with Gasteiger partial charge in [-0.3, -0.25) is 14.3 Å². The van der Waals surface area contributed by atoms with Crippen molar-refractivity contribution in [2.24, 2.45) is 11.8 Å². The molecule has 2 atom stereocenters. The molecular weight excluding hydrogens is 366 g/mol. The second-order valence-electron chi connectivity index (χ2n) is 6.79. The van der Waals surface area contributed by atoms with Gasteiger partial charge in [0.2, 0.25) is 15.9 Å². The van der Waals surface area contributed by atoms with E-state index in [2.05, 4.69) is 15.4 Å². The zero-order chi connectivity index (χ0) is 19.6. The van der Waals surface area contributed by atoms with Gasteiger partial charge in [0.1, 0.15) is 0 Å². The Morgan fingerprint density at radius 3 is 1.89 bits per heavy atom. The fraction of sp³-hybridized carbons (Fsp3) is 0.263. The van der Waals surface area contributed by atoms with Gasteiger partial charge in [-0.2, -0.15) is 0 Å². The monoisotopic (exact) mass is 387 g/mol. The van der Waals surface area contributed by atoms with Crippen LogP contribution < -0.4 is 15.4 Å². The van der Waals surface area contributed by atoms with E-state index < -0.39 is 10.0 Å². The molecule has 3 rings (SSSR count). The second-order valence-corrected chi connectivity index (χ2v) is 8.54. The predicted molar refractivity (Wildman–Crippen MR) is 105 cm³/mol. The second kappa shape index (κ2) is 7.40. The number of amides is 2. The van der Waals surface area contributed by atoms with Gasteiger partial charge < -0.3 is 10.6 Å². The minimum Gasteiger partial charge on any atom is -0.326 e. The number of benzene rings is 2. The first-order valence-corrected chi connectivity index (χ1v) is 10.4. The molecule has 2 aromatic rings. The summed E-state index contributed by atoms with van der Waals surface area (Å²) in [5.41, 5.74) is 2.07. The molecule has 142 valence electrons. The molecule has 7 nitrogen and oxygen atoms in total. The van der Waals surface area contributed by atoms with Crippen molar-refractivity contribution < 1.29 is 18.0 Å². The first-order valence-electron chi connectivity index (χ1n) is 8.51. The van der Waals surface area contributed by atoms with Crippen molar-refractivity contribution in [2.45, 2.75) is 13.3 Å². The van der Waals surface area contributed by atoms with Crippen molar-refractivity contribution in [1.82, 2.24) is 0 Å². The SMILES string of the molecule is CC1CC1C(=O)Nc1ccc(C(=O)Nc2ccc(NS(C)(=O)=O)cc2)cc1. The summed E-state index contributed by atoms with van der Waals surface area (Å²) in [6.07, 6.45) is 1.99. The molecule has 0 spiro atoms. The number of sulfonamides is 1. The largest absolute Gasteiger partial charge is 0.326 e. The van der Waals surface area contributed by atoms with Crippen LogP contribution in [0.5, 0.6) is 0 Å². The van der Waals surface area contributed by atoms with E-state index in [0.717, 1.165) is 12.7 Å². The van der Waals surface area contributed by atoms with Crippen LogP contribution in [0.3, 0.4) is 0 Å². The fourth-order valence-corrected chi connectivity index (χ4v) is 3.23. The molecule has 0 heterocycles. The van der Waals surface area contributed by atoms with Crippen LogP contribution in [0.15, 0.2) is 48.5 Å². The van der Waals surface area contributed by atoms with Crippen LogP contribution >= 0.6 is 0 Å². The quantitative estimate of drug-likeness (QED) is 0.709. The van der Waals surface area contributed by atoms with E-state index in [9.17, 15) is 18.0 Å². The van der Waals surface area contributed by atoms with E-state index in [1.807, 2.05) is 6.92 Å². The molecule has 1 fully saturated rings. The highest BCUT2D eigenvalue weighted by molar-refractivity contribution is 7.92. The van der Waals surface area contributed by atoms with Gasteiger partial charge in [0, 0.05) is 28.5 Å².